The number of nitrogens with one attached hydrogen (secondary N) is 1. The molecular weight excluding hydrogens is 354 g/mol. The van der Waals surface area contributed by atoms with Crippen molar-refractivity contribution in [1.82, 2.24) is 9.97 Å². The molecule has 0 saturated carbocycles. The Morgan fingerprint density at radius 1 is 0.964 bits per heavy atom. The predicted molar refractivity (Wildman–Crippen MR) is 107 cm³/mol. The summed E-state index contributed by atoms with van der Waals surface area (Å²) < 4.78 is 5.51. The molecule has 0 aliphatic heterocycles. The Hall–Kier alpha value is -3.54. The minimum atomic E-state index is -0.210. The molecule has 0 spiro atoms. The van der Waals surface area contributed by atoms with Gasteiger partial charge in [0.15, 0.2) is 5.78 Å². The van der Waals surface area contributed by atoms with Crippen molar-refractivity contribution in [3.8, 4) is 11.8 Å². The van der Waals surface area contributed by atoms with Gasteiger partial charge in [-0.25, -0.2) is 9.97 Å². The van der Waals surface area contributed by atoms with Gasteiger partial charge in [-0.3, -0.25) is 9.59 Å². The summed E-state index contributed by atoms with van der Waals surface area (Å²) in [6.07, 6.45) is 3.48. The van der Waals surface area contributed by atoms with Gasteiger partial charge in [0.25, 0.3) is 0 Å². The SMILES string of the molecule is Cc1ccc(C)c(C(=O)CCC(=O)Nc2ccc(Oc3ncccn3)cc2)c1. The van der Waals surface area contributed by atoms with Crippen molar-refractivity contribution in [2.24, 2.45) is 0 Å². The Morgan fingerprint density at radius 2 is 1.68 bits per heavy atom. The maximum Gasteiger partial charge on any atom is 0.321 e. The molecule has 0 aliphatic carbocycles. The van der Waals surface area contributed by atoms with Crippen LogP contribution in [0.4, 0.5) is 5.69 Å². The van der Waals surface area contributed by atoms with Gasteiger partial charge < -0.3 is 10.1 Å². The van der Waals surface area contributed by atoms with Gasteiger partial charge in [-0.2, -0.15) is 0 Å². The van der Waals surface area contributed by atoms with E-state index in [9.17, 15) is 9.59 Å². The fourth-order valence-corrected chi connectivity index (χ4v) is 2.67. The standard InChI is InChI=1S/C22H21N3O3/c1-15-4-5-16(2)19(14-15)20(26)10-11-21(27)25-17-6-8-18(9-7-17)28-22-23-12-3-13-24-22/h3-9,12-14H,10-11H2,1-2H3,(H,25,27). The maximum atomic E-state index is 12.4. The number of aromatic nitrogens is 2. The average Bonchev–Trinajstić information content (AvgIpc) is 2.70. The Labute approximate surface area is 163 Å². The largest absolute Gasteiger partial charge is 0.424 e. The Kier molecular flexibility index (Phi) is 6.11. The van der Waals surface area contributed by atoms with Crippen LogP contribution in [0.2, 0.25) is 0 Å². The van der Waals surface area contributed by atoms with E-state index in [1.807, 2.05) is 32.0 Å². The van der Waals surface area contributed by atoms with E-state index < -0.39 is 0 Å². The van der Waals surface area contributed by atoms with Crippen LogP contribution in [0.3, 0.4) is 0 Å². The summed E-state index contributed by atoms with van der Waals surface area (Å²) in [7, 11) is 0. The zero-order valence-corrected chi connectivity index (χ0v) is 15.8. The molecule has 0 unspecified atom stereocenters. The number of Topliss-reactive ketones (excluding diaryl/α,β-unsaturated/α-hetero) is 1. The van der Waals surface area contributed by atoms with Gasteiger partial charge in [0.1, 0.15) is 5.75 Å². The summed E-state index contributed by atoms with van der Waals surface area (Å²) in [5.41, 5.74) is 3.26. The highest BCUT2D eigenvalue weighted by molar-refractivity contribution is 6.01. The lowest BCUT2D eigenvalue weighted by molar-refractivity contribution is -0.116. The number of benzene rings is 2. The molecule has 0 atom stereocenters. The molecular formula is C22H21N3O3. The summed E-state index contributed by atoms with van der Waals surface area (Å²) in [6.45, 7) is 3.84. The summed E-state index contributed by atoms with van der Waals surface area (Å²) in [5.74, 6) is 0.330. The zero-order valence-electron chi connectivity index (χ0n) is 15.8. The van der Waals surface area contributed by atoms with Crippen molar-refractivity contribution >= 4 is 17.4 Å². The number of hydrogen-bond donors (Lipinski definition) is 1. The Morgan fingerprint density at radius 3 is 2.39 bits per heavy atom. The van der Waals surface area contributed by atoms with Crippen molar-refractivity contribution < 1.29 is 14.3 Å². The number of nitrogens with zero attached hydrogens (tertiary/aromatic N) is 2. The van der Waals surface area contributed by atoms with E-state index >= 15 is 0 Å². The van der Waals surface area contributed by atoms with Crippen LogP contribution in [0, 0.1) is 13.8 Å². The summed E-state index contributed by atoms with van der Waals surface area (Å²) >= 11 is 0. The summed E-state index contributed by atoms with van der Waals surface area (Å²) in [4.78, 5) is 32.5. The predicted octanol–water partition coefficient (Wildman–Crippen LogP) is 4.49. The van der Waals surface area contributed by atoms with Gasteiger partial charge in [-0.05, 0) is 55.8 Å². The van der Waals surface area contributed by atoms with Gasteiger partial charge in [0.2, 0.25) is 5.91 Å². The number of amides is 1. The van der Waals surface area contributed by atoms with Crippen LogP contribution >= 0.6 is 0 Å². The van der Waals surface area contributed by atoms with Gasteiger partial charge in [-0.1, -0.05) is 17.7 Å². The molecule has 1 heterocycles. The van der Waals surface area contributed by atoms with Crippen LogP contribution in [0.5, 0.6) is 11.8 Å². The molecule has 3 aromatic rings. The van der Waals surface area contributed by atoms with Gasteiger partial charge >= 0.3 is 6.01 Å². The van der Waals surface area contributed by atoms with Crippen LogP contribution in [0.15, 0.2) is 60.9 Å². The quantitative estimate of drug-likeness (QED) is 0.616. The summed E-state index contributed by atoms with van der Waals surface area (Å²) in [6, 6.07) is 14.6. The van der Waals surface area contributed by atoms with E-state index in [1.54, 1.807) is 42.7 Å². The molecule has 1 amide bonds. The van der Waals surface area contributed by atoms with Gasteiger partial charge in [-0.15, -0.1) is 0 Å². The second-order valence-corrected chi connectivity index (χ2v) is 6.45. The van der Waals surface area contributed by atoms with E-state index in [4.69, 9.17) is 4.74 Å². The first-order valence-corrected chi connectivity index (χ1v) is 8.96. The van der Waals surface area contributed by atoms with Crippen molar-refractivity contribution in [1.29, 1.82) is 0 Å². The van der Waals surface area contributed by atoms with Crippen molar-refractivity contribution in [3.63, 3.8) is 0 Å². The molecule has 6 heteroatoms. The highest BCUT2D eigenvalue weighted by Crippen LogP contribution is 2.20. The number of carbonyl (C=O) groups excluding carboxylic acids is 2. The number of hydrogen-bond acceptors (Lipinski definition) is 5. The second-order valence-electron chi connectivity index (χ2n) is 6.45. The van der Waals surface area contributed by atoms with Crippen LogP contribution in [-0.2, 0) is 4.79 Å². The van der Waals surface area contributed by atoms with E-state index in [-0.39, 0.29) is 30.5 Å². The molecule has 3 rings (SSSR count). The lowest BCUT2D eigenvalue weighted by Gasteiger charge is -2.08. The molecule has 0 aliphatic rings. The fourth-order valence-electron chi connectivity index (χ4n) is 2.67. The highest BCUT2D eigenvalue weighted by atomic mass is 16.5. The molecule has 1 aromatic heterocycles. The second kappa shape index (κ2) is 8.90. The number of ether oxygens (including phenoxy) is 1. The smallest absolute Gasteiger partial charge is 0.321 e. The molecule has 28 heavy (non-hydrogen) atoms. The molecule has 0 radical (unpaired) electrons. The third-order valence-electron chi connectivity index (χ3n) is 4.16. The van der Waals surface area contributed by atoms with E-state index in [0.29, 0.717) is 17.0 Å². The van der Waals surface area contributed by atoms with Crippen LogP contribution in [-0.4, -0.2) is 21.7 Å². The monoisotopic (exact) mass is 375 g/mol. The molecule has 0 saturated heterocycles. The molecule has 0 fully saturated rings. The van der Waals surface area contributed by atoms with Gasteiger partial charge in [0.05, 0.1) is 0 Å². The minimum Gasteiger partial charge on any atom is -0.424 e. The zero-order chi connectivity index (χ0) is 19.9. The van der Waals surface area contributed by atoms with Crippen LogP contribution in [0.25, 0.3) is 0 Å². The normalized spacial score (nSPS) is 10.4. The lowest BCUT2D eigenvalue weighted by Crippen LogP contribution is -2.14. The van der Waals surface area contributed by atoms with Crippen molar-refractivity contribution in [3.05, 3.63) is 77.6 Å². The third kappa shape index (κ3) is 5.23. The first-order chi connectivity index (χ1) is 13.5. The summed E-state index contributed by atoms with van der Waals surface area (Å²) in [5, 5.41) is 2.79. The van der Waals surface area contributed by atoms with E-state index in [2.05, 4.69) is 15.3 Å². The molecule has 0 bridgehead atoms. The lowest BCUT2D eigenvalue weighted by atomic mass is 9.99. The number of aryl methyl sites for hydroxylation is 2. The molecule has 142 valence electrons. The molecule has 2 aromatic carbocycles. The van der Waals surface area contributed by atoms with Crippen molar-refractivity contribution in [2.75, 3.05) is 5.32 Å². The van der Waals surface area contributed by atoms with E-state index in [0.717, 1.165) is 11.1 Å². The minimum absolute atomic E-state index is 0.0250. The number of carbonyl (C=O) groups is 2. The number of rotatable bonds is 7. The molecule has 6 nitrogen and oxygen atoms in total. The number of ketones is 1. The third-order valence-corrected chi connectivity index (χ3v) is 4.16. The van der Waals surface area contributed by atoms with Crippen LogP contribution in [0.1, 0.15) is 34.3 Å². The Bertz CT molecular complexity index is 970. The van der Waals surface area contributed by atoms with E-state index in [1.165, 1.54) is 0 Å². The molecule has 1 N–H and O–H groups in total. The number of anilines is 1. The maximum absolute atomic E-state index is 12.4. The topological polar surface area (TPSA) is 81.2 Å². The van der Waals surface area contributed by atoms with Crippen LogP contribution < -0.4 is 10.1 Å². The van der Waals surface area contributed by atoms with Crippen molar-refractivity contribution in [2.45, 2.75) is 26.7 Å². The fraction of sp³-hybridized carbons (Fsp3) is 0.182. The first kappa shape index (κ1) is 19.2. The average molecular weight is 375 g/mol. The Balaban J connectivity index is 1.52. The van der Waals surface area contributed by atoms with Gasteiger partial charge in [0, 0.05) is 36.5 Å². The highest BCUT2D eigenvalue weighted by Gasteiger charge is 2.12. The first-order valence-electron chi connectivity index (χ1n) is 8.96.